The monoisotopic (exact) mass is 567 g/mol. The summed E-state index contributed by atoms with van der Waals surface area (Å²) in [6.07, 6.45) is 1.60. The third kappa shape index (κ3) is 5.42. The maximum atomic E-state index is 14.0. The van der Waals surface area contributed by atoms with Gasteiger partial charge in [0.2, 0.25) is 0 Å². The first-order chi connectivity index (χ1) is 17.5. The molecule has 0 aliphatic rings. The van der Waals surface area contributed by atoms with Crippen molar-refractivity contribution in [1.29, 1.82) is 0 Å². The summed E-state index contributed by atoms with van der Waals surface area (Å²) >= 11 is -1.96. The number of carboxylic acid groups (broad SMARTS) is 1. The standard InChI is InChI=1S/C25H25N3O7S2.Na.H/c1-14-6-7-17(24(29)30)10-22(14)37(32,33)28-21-9-8-18(34-4)11-19(21)27-25(28)36(31)13-20-16(3)23(35-5)15(2)12-26-20;;/h6-12H,13H2,1-5H3,(H,29,30);;. The fourth-order valence-corrected chi connectivity index (χ4v) is 7.34. The molecule has 4 rings (SSSR count). The van der Waals surface area contributed by atoms with Crippen LogP contribution >= 0.6 is 0 Å². The number of imidazole rings is 1. The molecule has 10 nitrogen and oxygen atoms in total. The Kier molecular flexibility index (Phi) is 9.17. The first-order valence-electron chi connectivity index (χ1n) is 11.0. The van der Waals surface area contributed by atoms with Crippen molar-refractivity contribution in [3.05, 3.63) is 70.5 Å². The summed E-state index contributed by atoms with van der Waals surface area (Å²) in [5.74, 6) is -0.340. The Labute approximate surface area is 245 Å². The second kappa shape index (κ2) is 11.6. The molecule has 1 unspecified atom stereocenters. The molecule has 0 saturated heterocycles. The summed E-state index contributed by atoms with van der Waals surface area (Å²) < 4.78 is 53.2. The van der Waals surface area contributed by atoms with Crippen molar-refractivity contribution in [3.63, 3.8) is 0 Å². The van der Waals surface area contributed by atoms with E-state index in [1.54, 1.807) is 32.2 Å². The third-order valence-corrected chi connectivity index (χ3v) is 9.14. The van der Waals surface area contributed by atoms with Crippen molar-refractivity contribution in [2.45, 2.75) is 36.6 Å². The molecule has 0 spiro atoms. The zero-order chi connectivity index (χ0) is 27.1. The molecule has 4 aromatic rings. The first-order valence-corrected chi connectivity index (χ1v) is 13.8. The normalized spacial score (nSPS) is 12.2. The zero-order valence-corrected chi connectivity index (χ0v) is 22.4. The molecule has 2 aromatic carbocycles. The summed E-state index contributed by atoms with van der Waals surface area (Å²) in [5.41, 5.74) is 2.54. The fraction of sp³-hybridized carbons (Fsp3) is 0.240. The first kappa shape index (κ1) is 29.9. The van der Waals surface area contributed by atoms with Crippen molar-refractivity contribution in [1.82, 2.24) is 13.9 Å². The zero-order valence-electron chi connectivity index (χ0n) is 20.8. The Hall–Kier alpha value is -2.61. The van der Waals surface area contributed by atoms with Gasteiger partial charge in [-0.1, -0.05) is 6.07 Å². The van der Waals surface area contributed by atoms with E-state index in [1.165, 1.54) is 32.4 Å². The third-order valence-electron chi connectivity index (χ3n) is 5.97. The van der Waals surface area contributed by atoms with E-state index < -0.39 is 27.2 Å². The van der Waals surface area contributed by atoms with E-state index in [4.69, 9.17) is 9.47 Å². The summed E-state index contributed by atoms with van der Waals surface area (Å²) in [4.78, 5) is 20.1. The summed E-state index contributed by atoms with van der Waals surface area (Å²) in [6.45, 7) is 5.19. The van der Waals surface area contributed by atoms with Crippen molar-refractivity contribution >= 4 is 67.8 Å². The van der Waals surface area contributed by atoms with Gasteiger partial charge in [0.1, 0.15) is 11.5 Å². The number of benzene rings is 2. The van der Waals surface area contributed by atoms with Crippen LogP contribution in [0, 0.1) is 20.8 Å². The van der Waals surface area contributed by atoms with E-state index in [9.17, 15) is 22.9 Å². The Morgan fingerprint density at radius 1 is 1.08 bits per heavy atom. The SMILES string of the molecule is COc1ccc2c(c1)nc([S+]([O-])Cc1ncc(C)c(OC)c1C)n2S(=O)(=O)c1cc(C(=O)O)ccc1C.[NaH]. The number of carbonyl (C=O) groups is 1. The molecular weight excluding hydrogens is 541 g/mol. The predicted octanol–water partition coefficient (Wildman–Crippen LogP) is 2.97. The number of aromatic carboxylic acids is 1. The number of carboxylic acids is 1. The van der Waals surface area contributed by atoms with Crippen LogP contribution in [0.25, 0.3) is 11.0 Å². The predicted molar refractivity (Wildman–Crippen MR) is 145 cm³/mol. The van der Waals surface area contributed by atoms with Crippen LogP contribution in [0.4, 0.5) is 0 Å². The van der Waals surface area contributed by atoms with E-state index >= 15 is 0 Å². The topological polar surface area (TPSA) is 144 Å². The molecule has 1 N–H and O–H groups in total. The number of pyridine rings is 1. The van der Waals surface area contributed by atoms with E-state index in [0.29, 0.717) is 28.3 Å². The Morgan fingerprint density at radius 3 is 2.42 bits per heavy atom. The minimum absolute atomic E-state index is 0. The van der Waals surface area contributed by atoms with Gasteiger partial charge in [-0.25, -0.2) is 13.2 Å². The van der Waals surface area contributed by atoms with Crippen molar-refractivity contribution in [2.24, 2.45) is 0 Å². The molecule has 0 bridgehead atoms. The second-order valence-electron chi connectivity index (χ2n) is 8.34. The number of hydrogen-bond acceptors (Lipinski definition) is 8. The van der Waals surface area contributed by atoms with Crippen molar-refractivity contribution in [3.8, 4) is 11.5 Å². The Balaban J connectivity index is 0.00000400. The number of ether oxygens (including phenoxy) is 2. The number of hydrogen-bond donors (Lipinski definition) is 1. The summed E-state index contributed by atoms with van der Waals surface area (Å²) in [6, 6.07) is 8.45. The molecule has 0 aliphatic carbocycles. The fourth-order valence-electron chi connectivity index (χ4n) is 4.03. The summed E-state index contributed by atoms with van der Waals surface area (Å²) in [5, 5.41) is 9.21. The van der Waals surface area contributed by atoms with Gasteiger partial charge < -0.3 is 19.1 Å². The molecule has 2 heterocycles. The van der Waals surface area contributed by atoms with E-state index in [2.05, 4.69) is 9.97 Å². The second-order valence-corrected chi connectivity index (χ2v) is 11.4. The number of aryl methyl sites for hydroxylation is 2. The molecular formula is C25H26N3NaO7S2. The van der Waals surface area contributed by atoms with Crippen molar-refractivity contribution < 1.29 is 32.3 Å². The average Bonchev–Trinajstić information content (AvgIpc) is 3.25. The maximum absolute atomic E-state index is 14.0. The van der Waals surface area contributed by atoms with Crippen LogP contribution in [0.2, 0.25) is 0 Å². The molecule has 0 fully saturated rings. The number of fused-ring (bicyclic) bond motifs is 1. The molecule has 2 aromatic heterocycles. The van der Waals surface area contributed by atoms with Gasteiger partial charge in [0.25, 0.3) is 10.0 Å². The van der Waals surface area contributed by atoms with Crippen LogP contribution in [-0.2, 0) is 27.0 Å². The molecule has 196 valence electrons. The molecule has 0 saturated carbocycles. The van der Waals surface area contributed by atoms with Gasteiger partial charge in [0, 0.05) is 34.6 Å². The molecule has 38 heavy (non-hydrogen) atoms. The molecule has 0 aliphatic heterocycles. The van der Waals surface area contributed by atoms with Crippen LogP contribution in [-0.4, -0.2) is 81.8 Å². The van der Waals surface area contributed by atoms with E-state index in [1.807, 2.05) is 6.92 Å². The number of rotatable bonds is 8. The van der Waals surface area contributed by atoms with E-state index in [0.717, 1.165) is 15.6 Å². The molecule has 1 atom stereocenters. The van der Waals surface area contributed by atoms with Crippen LogP contribution in [0.15, 0.2) is 52.6 Å². The Morgan fingerprint density at radius 2 is 1.79 bits per heavy atom. The molecule has 13 heteroatoms. The van der Waals surface area contributed by atoms with Gasteiger partial charge in [-0.05, 0) is 50.6 Å². The average molecular weight is 568 g/mol. The van der Waals surface area contributed by atoms with Crippen LogP contribution in [0.1, 0.15) is 32.7 Å². The minimum atomic E-state index is -4.41. The van der Waals surface area contributed by atoms with Crippen LogP contribution in [0.3, 0.4) is 0 Å². The number of nitrogens with zero attached hydrogens (tertiary/aromatic N) is 3. The molecule has 0 amide bonds. The van der Waals surface area contributed by atoms with Crippen LogP contribution in [0.5, 0.6) is 11.5 Å². The van der Waals surface area contributed by atoms with E-state index in [-0.39, 0.29) is 62.0 Å². The van der Waals surface area contributed by atoms with Crippen LogP contribution < -0.4 is 9.47 Å². The molecule has 0 radical (unpaired) electrons. The Bertz CT molecular complexity index is 1640. The van der Waals surface area contributed by atoms with Gasteiger partial charge in [0.05, 0.1) is 41.4 Å². The quantitative estimate of drug-likeness (QED) is 0.251. The number of aromatic nitrogens is 3. The van der Waals surface area contributed by atoms with Gasteiger partial charge in [-0.2, -0.15) is 8.96 Å². The van der Waals surface area contributed by atoms with Gasteiger partial charge >= 0.3 is 40.7 Å². The summed E-state index contributed by atoms with van der Waals surface area (Å²) in [7, 11) is -1.42. The van der Waals surface area contributed by atoms with Gasteiger partial charge in [0.15, 0.2) is 5.75 Å². The van der Waals surface area contributed by atoms with Gasteiger partial charge in [-0.15, -0.1) is 0 Å². The van der Waals surface area contributed by atoms with Gasteiger partial charge in [-0.3, -0.25) is 4.98 Å². The number of methoxy groups -OCH3 is 2. The van der Waals surface area contributed by atoms with Crippen molar-refractivity contribution in [2.75, 3.05) is 14.2 Å².